The monoisotopic (exact) mass is 472 g/mol. The molecule has 0 aliphatic rings. The number of ether oxygens (including phenoxy) is 2. The number of hydrogen-bond donors (Lipinski definition) is 2. The summed E-state index contributed by atoms with van der Waals surface area (Å²) in [5.41, 5.74) is 1.54. The van der Waals surface area contributed by atoms with Crippen LogP contribution in [0.4, 0.5) is 0 Å². The fourth-order valence-corrected chi connectivity index (χ4v) is 2.92. The molecule has 7 nitrogen and oxygen atoms in total. The van der Waals surface area contributed by atoms with Crippen LogP contribution in [0.1, 0.15) is 35.3 Å². The van der Waals surface area contributed by atoms with Crippen LogP contribution in [0.5, 0.6) is 11.5 Å². The predicted molar refractivity (Wildman–Crippen MR) is 115 cm³/mol. The molecule has 2 aromatic rings. The van der Waals surface area contributed by atoms with Crippen molar-refractivity contribution in [1.82, 2.24) is 5.32 Å². The van der Waals surface area contributed by atoms with Crippen molar-refractivity contribution in [3.8, 4) is 17.6 Å². The van der Waals surface area contributed by atoms with Crippen LogP contribution in [-0.2, 0) is 11.4 Å². The maximum Gasteiger partial charge on any atom is 0.335 e. The molecule has 0 aliphatic heterocycles. The highest BCUT2D eigenvalue weighted by molar-refractivity contribution is 9.10. The Kier molecular flexibility index (Phi) is 8.01. The fraction of sp³-hybridized carbons (Fsp3) is 0.227. The van der Waals surface area contributed by atoms with E-state index in [1.165, 1.54) is 25.3 Å². The molecule has 0 radical (unpaired) electrons. The summed E-state index contributed by atoms with van der Waals surface area (Å²) in [7, 11) is 1.49. The first kappa shape index (κ1) is 23.0. The first-order chi connectivity index (χ1) is 14.2. The number of carbonyl (C=O) groups excluding carboxylic acids is 1. The van der Waals surface area contributed by atoms with Crippen LogP contribution >= 0.6 is 15.9 Å². The van der Waals surface area contributed by atoms with Crippen LogP contribution in [0.3, 0.4) is 0 Å². The summed E-state index contributed by atoms with van der Waals surface area (Å²) in [5, 5.41) is 21.0. The quantitative estimate of drug-likeness (QED) is 0.440. The van der Waals surface area contributed by atoms with E-state index in [1.54, 1.807) is 24.3 Å². The zero-order chi connectivity index (χ0) is 22.3. The number of rotatable bonds is 8. The van der Waals surface area contributed by atoms with E-state index in [0.717, 1.165) is 5.56 Å². The minimum absolute atomic E-state index is 0.0290. The van der Waals surface area contributed by atoms with Crippen LogP contribution in [0, 0.1) is 11.3 Å². The Morgan fingerprint density at radius 1 is 1.23 bits per heavy atom. The van der Waals surface area contributed by atoms with Gasteiger partial charge in [-0.2, -0.15) is 5.26 Å². The van der Waals surface area contributed by atoms with Crippen LogP contribution in [0.2, 0.25) is 0 Å². The minimum atomic E-state index is -0.990. The van der Waals surface area contributed by atoms with Crippen molar-refractivity contribution in [3.63, 3.8) is 0 Å². The number of nitrogens with zero attached hydrogens (tertiary/aromatic N) is 1. The maximum atomic E-state index is 12.1. The van der Waals surface area contributed by atoms with Gasteiger partial charge in [0.2, 0.25) is 0 Å². The lowest BCUT2D eigenvalue weighted by Crippen LogP contribution is -2.30. The lowest BCUT2D eigenvalue weighted by atomic mass is 10.1. The minimum Gasteiger partial charge on any atom is -0.493 e. The molecule has 0 saturated carbocycles. The number of methoxy groups -OCH3 is 1. The standard InChI is InChI=1S/C22H21BrN2O5/c1-13(2)25-21(26)17(11-24)8-16-9-19(29-3)20(10-18(16)23)30-12-14-4-6-15(7-5-14)22(27)28/h4-10,13H,12H2,1-3H3,(H,25,26)(H,27,28). The van der Waals surface area contributed by atoms with Gasteiger partial charge < -0.3 is 19.9 Å². The van der Waals surface area contributed by atoms with Gasteiger partial charge in [-0.15, -0.1) is 0 Å². The zero-order valence-corrected chi connectivity index (χ0v) is 18.3. The number of benzene rings is 2. The molecule has 0 aliphatic carbocycles. The third-order valence-electron chi connectivity index (χ3n) is 3.96. The van der Waals surface area contributed by atoms with E-state index in [1.807, 2.05) is 19.9 Å². The first-order valence-corrected chi connectivity index (χ1v) is 9.79. The second kappa shape index (κ2) is 10.5. The topological polar surface area (TPSA) is 109 Å². The van der Waals surface area contributed by atoms with E-state index >= 15 is 0 Å². The second-order valence-corrected chi connectivity index (χ2v) is 7.47. The molecular formula is C22H21BrN2O5. The van der Waals surface area contributed by atoms with E-state index in [9.17, 15) is 14.9 Å². The molecule has 0 unspecified atom stereocenters. The molecule has 0 heterocycles. The largest absolute Gasteiger partial charge is 0.493 e. The van der Waals surface area contributed by atoms with Crippen molar-refractivity contribution in [1.29, 1.82) is 5.26 Å². The van der Waals surface area contributed by atoms with Gasteiger partial charge in [-0.1, -0.05) is 28.1 Å². The van der Waals surface area contributed by atoms with Crippen LogP contribution < -0.4 is 14.8 Å². The lowest BCUT2D eigenvalue weighted by Gasteiger charge is -2.13. The first-order valence-electron chi connectivity index (χ1n) is 9.00. The summed E-state index contributed by atoms with van der Waals surface area (Å²) in [6.45, 7) is 3.83. The number of carboxylic acid groups (broad SMARTS) is 1. The summed E-state index contributed by atoms with van der Waals surface area (Å²) >= 11 is 3.43. The summed E-state index contributed by atoms with van der Waals surface area (Å²) in [4.78, 5) is 23.1. The van der Waals surface area contributed by atoms with Crippen molar-refractivity contribution in [2.45, 2.75) is 26.5 Å². The highest BCUT2D eigenvalue weighted by atomic mass is 79.9. The van der Waals surface area contributed by atoms with E-state index in [-0.39, 0.29) is 23.8 Å². The van der Waals surface area contributed by atoms with Crippen LogP contribution in [-0.4, -0.2) is 30.1 Å². The molecule has 2 aromatic carbocycles. The normalized spacial score (nSPS) is 11.0. The van der Waals surface area contributed by atoms with Crippen molar-refractivity contribution in [2.75, 3.05) is 7.11 Å². The number of amides is 1. The average Bonchev–Trinajstić information content (AvgIpc) is 2.71. The highest BCUT2D eigenvalue weighted by Crippen LogP contribution is 2.35. The molecule has 8 heteroatoms. The number of carbonyl (C=O) groups is 2. The Hall–Kier alpha value is -3.31. The van der Waals surface area contributed by atoms with Gasteiger partial charge in [-0.25, -0.2) is 4.79 Å². The number of carboxylic acids is 1. The van der Waals surface area contributed by atoms with E-state index in [2.05, 4.69) is 21.2 Å². The van der Waals surface area contributed by atoms with Gasteiger partial charge in [0.25, 0.3) is 5.91 Å². The third kappa shape index (κ3) is 6.09. The van der Waals surface area contributed by atoms with Gasteiger partial charge in [0.15, 0.2) is 11.5 Å². The van der Waals surface area contributed by atoms with Gasteiger partial charge >= 0.3 is 5.97 Å². The summed E-state index contributed by atoms with van der Waals surface area (Å²) < 4.78 is 11.8. The SMILES string of the molecule is COc1cc(C=C(C#N)C(=O)NC(C)C)c(Br)cc1OCc1ccc(C(=O)O)cc1. The van der Waals surface area contributed by atoms with Crippen LogP contribution in [0.25, 0.3) is 6.08 Å². The van der Waals surface area contributed by atoms with Gasteiger partial charge in [0, 0.05) is 10.5 Å². The summed E-state index contributed by atoms with van der Waals surface area (Å²) in [6.07, 6.45) is 1.47. The second-order valence-electron chi connectivity index (χ2n) is 6.61. The molecule has 30 heavy (non-hydrogen) atoms. The molecule has 0 aromatic heterocycles. The number of nitriles is 1. The molecule has 0 fully saturated rings. The molecule has 2 N–H and O–H groups in total. The van der Waals surface area contributed by atoms with Crippen molar-refractivity contribution in [2.24, 2.45) is 0 Å². The molecule has 156 valence electrons. The van der Waals surface area contributed by atoms with Gasteiger partial charge in [-0.05, 0) is 55.3 Å². The fourth-order valence-electron chi connectivity index (χ4n) is 2.48. The van der Waals surface area contributed by atoms with Crippen molar-refractivity contribution >= 4 is 33.9 Å². The van der Waals surface area contributed by atoms with Gasteiger partial charge in [0.05, 0.1) is 12.7 Å². The Bertz CT molecular complexity index is 1010. The molecule has 0 saturated heterocycles. The number of hydrogen-bond acceptors (Lipinski definition) is 5. The Morgan fingerprint density at radius 3 is 2.43 bits per heavy atom. The zero-order valence-electron chi connectivity index (χ0n) is 16.7. The number of halogens is 1. The molecule has 0 atom stereocenters. The van der Waals surface area contributed by atoms with E-state index in [0.29, 0.717) is 21.5 Å². The van der Waals surface area contributed by atoms with Crippen molar-refractivity contribution < 1.29 is 24.2 Å². The summed E-state index contributed by atoms with van der Waals surface area (Å²) in [6, 6.07) is 11.5. The lowest BCUT2D eigenvalue weighted by molar-refractivity contribution is -0.117. The number of aromatic carboxylic acids is 1. The Morgan fingerprint density at radius 2 is 1.90 bits per heavy atom. The summed E-state index contributed by atoms with van der Waals surface area (Å²) in [5.74, 6) is -0.568. The van der Waals surface area contributed by atoms with E-state index < -0.39 is 11.9 Å². The molecule has 0 spiro atoms. The van der Waals surface area contributed by atoms with Gasteiger partial charge in [0.1, 0.15) is 18.2 Å². The molecule has 2 rings (SSSR count). The van der Waals surface area contributed by atoms with Crippen molar-refractivity contribution in [3.05, 3.63) is 63.1 Å². The molecule has 1 amide bonds. The Labute approximate surface area is 183 Å². The average molecular weight is 473 g/mol. The third-order valence-corrected chi connectivity index (χ3v) is 4.65. The maximum absolute atomic E-state index is 12.1. The van der Waals surface area contributed by atoms with Gasteiger partial charge in [-0.3, -0.25) is 4.79 Å². The Balaban J connectivity index is 2.24. The highest BCUT2D eigenvalue weighted by Gasteiger charge is 2.14. The number of nitrogens with one attached hydrogen (secondary N) is 1. The van der Waals surface area contributed by atoms with Crippen LogP contribution in [0.15, 0.2) is 46.4 Å². The smallest absolute Gasteiger partial charge is 0.335 e. The van der Waals surface area contributed by atoms with E-state index in [4.69, 9.17) is 14.6 Å². The molecular weight excluding hydrogens is 452 g/mol. The predicted octanol–water partition coefficient (Wildman–Crippen LogP) is 4.17. The molecule has 0 bridgehead atoms.